The fourth-order valence-electron chi connectivity index (χ4n) is 3.22. The second-order valence-corrected chi connectivity index (χ2v) is 6.89. The third kappa shape index (κ3) is 4.53. The molecule has 0 fully saturated rings. The fraction of sp³-hybridized carbons (Fsp3) is 0.100. The van der Waals surface area contributed by atoms with E-state index < -0.39 is 49.1 Å². The van der Waals surface area contributed by atoms with Gasteiger partial charge in [-0.1, -0.05) is 18.2 Å². The Balaban J connectivity index is 2.02. The minimum atomic E-state index is -0.791. The van der Waals surface area contributed by atoms with E-state index >= 15 is 0 Å². The highest BCUT2D eigenvalue weighted by atomic mass is 16.6. The van der Waals surface area contributed by atoms with Gasteiger partial charge >= 0.3 is 17.1 Å². The normalized spacial score (nSPS) is 10.6. The highest BCUT2D eigenvalue weighted by Crippen LogP contribution is 2.36. The van der Waals surface area contributed by atoms with Crippen molar-refractivity contribution in [3.8, 4) is 17.2 Å². The molecule has 0 aromatic heterocycles. The minimum Gasteiger partial charge on any atom is -0.502 e. The van der Waals surface area contributed by atoms with Crippen LogP contribution in [-0.2, 0) is 12.8 Å². The van der Waals surface area contributed by atoms with Crippen LogP contribution in [0.1, 0.15) is 22.3 Å². The zero-order chi connectivity index (χ0) is 23.6. The standard InChI is InChI=1S/C20H15N3O9/c24-18-3-1-11(8-15(18)21(27)28)5-13-7-14(20(26)17(10-13)23(31)32)6-12-2-4-19(25)16(9-12)22(29)30/h1-4,7-10,24-26H,5-6H2. The van der Waals surface area contributed by atoms with Gasteiger partial charge in [-0.15, -0.1) is 0 Å². The van der Waals surface area contributed by atoms with Gasteiger partial charge in [0.15, 0.2) is 17.2 Å². The Morgan fingerprint density at radius 3 is 1.50 bits per heavy atom. The van der Waals surface area contributed by atoms with Crippen LogP contribution in [0.5, 0.6) is 17.2 Å². The molecule has 3 rings (SSSR count). The number of phenols is 3. The van der Waals surface area contributed by atoms with Gasteiger partial charge in [0.1, 0.15) is 0 Å². The van der Waals surface area contributed by atoms with E-state index in [0.29, 0.717) is 16.7 Å². The fourth-order valence-corrected chi connectivity index (χ4v) is 3.22. The molecule has 12 heteroatoms. The van der Waals surface area contributed by atoms with Gasteiger partial charge in [0.2, 0.25) is 0 Å². The molecule has 0 amide bonds. The lowest BCUT2D eigenvalue weighted by Gasteiger charge is -2.10. The predicted octanol–water partition coefficient (Wildman–Crippen LogP) is 3.71. The molecule has 3 aromatic rings. The number of phenolic OH excluding ortho intramolecular Hbond substituents is 3. The molecule has 0 aliphatic rings. The summed E-state index contributed by atoms with van der Waals surface area (Å²) < 4.78 is 0. The van der Waals surface area contributed by atoms with Crippen LogP contribution in [0.2, 0.25) is 0 Å². The number of nitrogens with zero attached hydrogens (tertiary/aromatic N) is 3. The summed E-state index contributed by atoms with van der Waals surface area (Å²) in [5, 5.41) is 63.0. The van der Waals surface area contributed by atoms with Crippen LogP contribution in [0.4, 0.5) is 17.1 Å². The Morgan fingerprint density at radius 2 is 1.03 bits per heavy atom. The van der Waals surface area contributed by atoms with Crippen LogP contribution in [0.15, 0.2) is 48.5 Å². The molecule has 0 spiro atoms. The Labute approximate surface area is 179 Å². The average Bonchev–Trinajstić information content (AvgIpc) is 2.72. The van der Waals surface area contributed by atoms with Crippen molar-refractivity contribution in [2.24, 2.45) is 0 Å². The molecule has 0 aliphatic carbocycles. The van der Waals surface area contributed by atoms with Gasteiger partial charge in [-0.2, -0.15) is 0 Å². The van der Waals surface area contributed by atoms with E-state index in [1.807, 2.05) is 0 Å². The lowest BCUT2D eigenvalue weighted by Crippen LogP contribution is -1.99. The molecule has 0 atom stereocenters. The van der Waals surface area contributed by atoms with E-state index in [9.17, 15) is 45.7 Å². The second-order valence-electron chi connectivity index (χ2n) is 6.89. The maximum absolute atomic E-state index is 11.4. The number of hydrogen-bond donors (Lipinski definition) is 3. The molecule has 0 saturated carbocycles. The molecule has 3 aromatic carbocycles. The predicted molar refractivity (Wildman–Crippen MR) is 110 cm³/mol. The first-order valence-electron chi connectivity index (χ1n) is 8.98. The first-order valence-corrected chi connectivity index (χ1v) is 8.98. The van der Waals surface area contributed by atoms with Gasteiger partial charge in [-0.05, 0) is 35.2 Å². The number of benzene rings is 3. The number of rotatable bonds is 7. The van der Waals surface area contributed by atoms with E-state index in [0.717, 1.165) is 30.3 Å². The van der Waals surface area contributed by atoms with Crippen molar-refractivity contribution in [2.75, 3.05) is 0 Å². The van der Waals surface area contributed by atoms with E-state index in [2.05, 4.69) is 0 Å². The van der Waals surface area contributed by atoms with E-state index in [1.165, 1.54) is 18.2 Å². The van der Waals surface area contributed by atoms with Crippen LogP contribution in [-0.4, -0.2) is 30.1 Å². The Hall–Kier alpha value is -4.74. The SMILES string of the molecule is O=[N+]([O-])c1cc(Cc2cc(Cc3ccc(O)c([N+](=O)[O-])c3)c(O)c([N+](=O)[O-])c2)ccc1O. The summed E-state index contributed by atoms with van der Waals surface area (Å²) in [5.74, 6) is -1.69. The molecule has 0 saturated heterocycles. The maximum atomic E-state index is 11.4. The molecule has 164 valence electrons. The van der Waals surface area contributed by atoms with Crippen molar-refractivity contribution >= 4 is 17.1 Å². The summed E-state index contributed by atoms with van der Waals surface area (Å²) in [6.45, 7) is 0. The molecule has 32 heavy (non-hydrogen) atoms. The summed E-state index contributed by atoms with van der Waals surface area (Å²) in [5.41, 5.74) is -0.520. The zero-order valence-electron chi connectivity index (χ0n) is 16.2. The summed E-state index contributed by atoms with van der Waals surface area (Å²) in [6.07, 6.45) is -0.0949. The highest BCUT2D eigenvalue weighted by Gasteiger charge is 2.22. The van der Waals surface area contributed by atoms with Crippen LogP contribution >= 0.6 is 0 Å². The highest BCUT2D eigenvalue weighted by molar-refractivity contribution is 5.57. The number of nitro groups is 3. The summed E-state index contributed by atoms with van der Waals surface area (Å²) in [4.78, 5) is 31.1. The van der Waals surface area contributed by atoms with Crippen molar-refractivity contribution in [1.82, 2.24) is 0 Å². The second kappa shape index (κ2) is 8.55. The molecule has 0 radical (unpaired) electrons. The lowest BCUT2D eigenvalue weighted by molar-refractivity contribution is -0.386. The monoisotopic (exact) mass is 441 g/mol. The van der Waals surface area contributed by atoms with E-state index in [1.54, 1.807) is 0 Å². The summed E-state index contributed by atoms with van der Waals surface area (Å²) in [6, 6.07) is 9.84. The van der Waals surface area contributed by atoms with E-state index in [4.69, 9.17) is 0 Å². The molecular formula is C20H15N3O9. The van der Waals surface area contributed by atoms with Crippen LogP contribution in [0.3, 0.4) is 0 Å². The lowest BCUT2D eigenvalue weighted by atomic mass is 9.96. The van der Waals surface area contributed by atoms with Gasteiger partial charge in [0.25, 0.3) is 0 Å². The largest absolute Gasteiger partial charge is 0.502 e. The van der Waals surface area contributed by atoms with Crippen LogP contribution in [0.25, 0.3) is 0 Å². The smallest absolute Gasteiger partial charge is 0.311 e. The van der Waals surface area contributed by atoms with Crippen molar-refractivity contribution in [3.05, 3.63) is 101 Å². The average molecular weight is 441 g/mol. The molecule has 0 bridgehead atoms. The number of nitro benzene ring substituents is 3. The first kappa shape index (κ1) is 22.0. The van der Waals surface area contributed by atoms with Crippen LogP contribution in [0, 0.1) is 30.3 Å². The molecule has 0 aliphatic heterocycles. The van der Waals surface area contributed by atoms with Gasteiger partial charge in [0, 0.05) is 30.2 Å². The van der Waals surface area contributed by atoms with E-state index in [-0.39, 0.29) is 18.4 Å². The zero-order valence-corrected chi connectivity index (χ0v) is 16.2. The molecule has 0 unspecified atom stereocenters. The molecule has 0 heterocycles. The van der Waals surface area contributed by atoms with Gasteiger partial charge in [0.05, 0.1) is 14.8 Å². The number of aromatic hydroxyl groups is 3. The van der Waals surface area contributed by atoms with Crippen molar-refractivity contribution < 1.29 is 30.1 Å². The third-order valence-electron chi connectivity index (χ3n) is 4.70. The minimum absolute atomic E-state index is 0.0188. The van der Waals surface area contributed by atoms with Gasteiger partial charge in [-0.25, -0.2) is 0 Å². The van der Waals surface area contributed by atoms with Crippen molar-refractivity contribution in [2.45, 2.75) is 12.8 Å². The number of hydrogen-bond acceptors (Lipinski definition) is 9. The molecular weight excluding hydrogens is 426 g/mol. The Morgan fingerprint density at radius 1 is 0.594 bits per heavy atom. The van der Waals surface area contributed by atoms with Gasteiger partial charge < -0.3 is 15.3 Å². The van der Waals surface area contributed by atoms with Crippen molar-refractivity contribution in [1.29, 1.82) is 0 Å². The maximum Gasteiger partial charge on any atom is 0.311 e. The Kier molecular flexibility index (Phi) is 5.87. The third-order valence-corrected chi connectivity index (χ3v) is 4.70. The van der Waals surface area contributed by atoms with Crippen molar-refractivity contribution in [3.63, 3.8) is 0 Å². The molecule has 3 N–H and O–H groups in total. The quantitative estimate of drug-likeness (QED) is 0.362. The van der Waals surface area contributed by atoms with Gasteiger partial charge in [-0.3, -0.25) is 30.3 Å². The summed E-state index contributed by atoms with van der Waals surface area (Å²) >= 11 is 0. The first-order chi connectivity index (χ1) is 15.1. The molecule has 12 nitrogen and oxygen atoms in total. The topological polar surface area (TPSA) is 190 Å². The summed E-state index contributed by atoms with van der Waals surface area (Å²) in [7, 11) is 0. The van der Waals surface area contributed by atoms with Crippen LogP contribution < -0.4 is 0 Å². The Bertz CT molecular complexity index is 1260.